The van der Waals surface area contributed by atoms with Gasteiger partial charge in [-0.15, -0.1) is 0 Å². The highest BCUT2D eigenvalue weighted by molar-refractivity contribution is 6.31. The molecule has 4 aromatic rings. The Morgan fingerprint density at radius 1 is 0.729 bits per heavy atom. The van der Waals surface area contributed by atoms with Crippen LogP contribution in [0.5, 0.6) is 0 Å². The SMILES string of the molecule is COC(=O)N[C@H](C(=O)N1CCC[C@H]1c1nc(C)c(-c2ccc(-c3ccc(-c4[nH]c([C@@H]5CCCN5C(=O)[C@@H](NC(=O)OC)C5CCOCC5)nc4Cl)cc3)cc2)[nH]1)C(C)C. The molecule has 4 N–H and O–H groups in total. The molecule has 3 fully saturated rings. The number of imidazole rings is 2. The molecule has 0 radical (unpaired) electrons. The maximum absolute atomic E-state index is 14.0. The number of methoxy groups -OCH3 is 2. The van der Waals surface area contributed by atoms with Crippen LogP contribution in [0.3, 0.4) is 0 Å². The number of aromatic amines is 2. The number of carbonyl (C=O) groups excluding carboxylic acids is 4. The van der Waals surface area contributed by atoms with E-state index >= 15 is 0 Å². The first-order valence-corrected chi connectivity index (χ1v) is 20.8. The number of rotatable bonds is 11. The molecule has 3 aliphatic rings. The summed E-state index contributed by atoms with van der Waals surface area (Å²) in [5.41, 5.74) is 6.27. The summed E-state index contributed by atoms with van der Waals surface area (Å²) in [4.78, 5) is 72.0. The van der Waals surface area contributed by atoms with E-state index in [2.05, 4.69) is 49.9 Å². The van der Waals surface area contributed by atoms with Crippen LogP contribution in [0.25, 0.3) is 33.6 Å². The molecule has 0 unspecified atom stereocenters. The molecule has 59 heavy (non-hydrogen) atoms. The molecule has 4 amide bonds. The minimum absolute atomic E-state index is 0.0565. The maximum atomic E-state index is 14.0. The first-order chi connectivity index (χ1) is 28.5. The summed E-state index contributed by atoms with van der Waals surface area (Å²) in [7, 11) is 2.58. The number of aryl methyl sites for hydroxylation is 1. The van der Waals surface area contributed by atoms with Crippen LogP contribution >= 0.6 is 11.6 Å². The molecule has 0 aliphatic carbocycles. The lowest BCUT2D eigenvalue weighted by molar-refractivity contribution is -0.137. The Balaban J connectivity index is 1.03. The van der Waals surface area contributed by atoms with Crippen LogP contribution in [0.2, 0.25) is 5.15 Å². The monoisotopic (exact) mass is 828 g/mol. The van der Waals surface area contributed by atoms with E-state index in [9.17, 15) is 19.2 Å². The van der Waals surface area contributed by atoms with Gasteiger partial charge in [-0.25, -0.2) is 19.6 Å². The van der Waals surface area contributed by atoms with Gasteiger partial charge < -0.3 is 44.6 Å². The molecule has 3 saturated heterocycles. The normalized spacial score (nSPS) is 19.4. The van der Waals surface area contributed by atoms with Crippen molar-refractivity contribution in [3.8, 4) is 33.6 Å². The number of benzene rings is 2. The van der Waals surface area contributed by atoms with E-state index in [1.54, 1.807) is 4.90 Å². The van der Waals surface area contributed by atoms with Gasteiger partial charge in [0.15, 0.2) is 5.15 Å². The summed E-state index contributed by atoms with van der Waals surface area (Å²) in [6, 6.07) is 14.4. The van der Waals surface area contributed by atoms with Crippen molar-refractivity contribution in [1.82, 2.24) is 40.4 Å². The van der Waals surface area contributed by atoms with E-state index in [0.29, 0.717) is 55.8 Å². The van der Waals surface area contributed by atoms with Crippen molar-refractivity contribution in [2.45, 2.75) is 83.5 Å². The van der Waals surface area contributed by atoms with Crippen molar-refractivity contribution in [2.75, 3.05) is 40.5 Å². The Morgan fingerprint density at radius 3 is 1.78 bits per heavy atom. The van der Waals surface area contributed by atoms with E-state index in [1.165, 1.54) is 14.2 Å². The molecule has 0 saturated carbocycles. The van der Waals surface area contributed by atoms with Gasteiger partial charge in [0.25, 0.3) is 0 Å². The molecule has 5 heterocycles. The topological polar surface area (TPSA) is 184 Å². The highest BCUT2D eigenvalue weighted by atomic mass is 35.5. The molecule has 16 heteroatoms. The number of amides is 4. The van der Waals surface area contributed by atoms with Crippen molar-refractivity contribution in [3.05, 3.63) is 71.0 Å². The van der Waals surface area contributed by atoms with Crippen molar-refractivity contribution in [1.29, 1.82) is 0 Å². The quantitative estimate of drug-likeness (QED) is 0.124. The van der Waals surface area contributed by atoms with Gasteiger partial charge in [-0.2, -0.15) is 0 Å². The third-order valence-electron chi connectivity index (χ3n) is 11.8. The number of aromatic nitrogens is 4. The van der Waals surface area contributed by atoms with E-state index in [4.69, 9.17) is 30.8 Å². The zero-order valence-electron chi connectivity index (χ0n) is 34.2. The summed E-state index contributed by atoms with van der Waals surface area (Å²) in [6.45, 7) is 7.97. The van der Waals surface area contributed by atoms with Gasteiger partial charge in [-0.1, -0.05) is 74.0 Å². The number of hydrogen-bond donors (Lipinski definition) is 4. The fourth-order valence-corrected chi connectivity index (χ4v) is 8.85. The maximum Gasteiger partial charge on any atom is 0.407 e. The van der Waals surface area contributed by atoms with Crippen LogP contribution in [-0.2, 0) is 23.8 Å². The standard InChI is InChI=1S/C43H53ClN8O7/c1-24(2)33(48-42(55)57-4)40(53)51-20-6-8-31(51)38-45-25(3)34(46-38)28-14-10-26(11-15-28)27-12-16-29(17-13-27)35-37(44)50-39(47-35)32-9-7-21-52(32)41(54)36(49-43(56)58-5)30-18-22-59-23-19-30/h10-17,24,30-33,36H,6-9,18-23H2,1-5H3,(H,45,46)(H,47,50)(H,48,55)(H,49,56)/t31-,32-,33-,36-/m0/s1. The number of nitrogens with one attached hydrogen (secondary N) is 4. The third-order valence-corrected chi connectivity index (χ3v) is 12.1. The largest absolute Gasteiger partial charge is 0.453 e. The number of ether oxygens (including phenoxy) is 3. The van der Waals surface area contributed by atoms with Crippen molar-refractivity contribution >= 4 is 35.6 Å². The predicted octanol–water partition coefficient (Wildman–Crippen LogP) is 6.95. The summed E-state index contributed by atoms with van der Waals surface area (Å²) in [6.07, 6.45) is 3.21. The molecular weight excluding hydrogens is 776 g/mol. The molecule has 0 bridgehead atoms. The number of hydrogen-bond acceptors (Lipinski definition) is 9. The first-order valence-electron chi connectivity index (χ1n) is 20.4. The van der Waals surface area contributed by atoms with Crippen LogP contribution in [0.4, 0.5) is 9.59 Å². The fraction of sp³-hybridized carbons (Fsp3) is 0.488. The van der Waals surface area contributed by atoms with Gasteiger partial charge in [-0.05, 0) is 74.0 Å². The van der Waals surface area contributed by atoms with Crippen molar-refractivity contribution in [2.24, 2.45) is 11.8 Å². The Bertz CT molecular complexity index is 2130. The van der Waals surface area contributed by atoms with Crippen LogP contribution < -0.4 is 10.6 Å². The van der Waals surface area contributed by atoms with E-state index in [1.807, 2.05) is 49.9 Å². The first kappa shape index (κ1) is 41.7. The summed E-state index contributed by atoms with van der Waals surface area (Å²) >= 11 is 6.74. The lowest BCUT2D eigenvalue weighted by Gasteiger charge is -2.34. The molecule has 7 rings (SSSR count). The Kier molecular flexibility index (Phi) is 12.9. The lowest BCUT2D eigenvalue weighted by Crippen LogP contribution is -2.53. The van der Waals surface area contributed by atoms with Crippen LogP contribution in [-0.4, -0.2) is 106 Å². The minimum Gasteiger partial charge on any atom is -0.453 e. The number of alkyl carbamates (subject to hydrolysis) is 2. The second kappa shape index (κ2) is 18.2. The van der Waals surface area contributed by atoms with Crippen LogP contribution in [0, 0.1) is 18.8 Å². The summed E-state index contributed by atoms with van der Waals surface area (Å²) in [5.74, 6) is 0.863. The summed E-state index contributed by atoms with van der Waals surface area (Å²) < 4.78 is 15.1. The highest BCUT2D eigenvalue weighted by Crippen LogP contribution is 2.38. The van der Waals surface area contributed by atoms with E-state index < -0.39 is 24.3 Å². The zero-order valence-corrected chi connectivity index (χ0v) is 34.9. The number of H-pyrrole nitrogens is 2. The summed E-state index contributed by atoms with van der Waals surface area (Å²) in [5, 5.41) is 5.82. The van der Waals surface area contributed by atoms with Crippen molar-refractivity contribution < 1.29 is 33.4 Å². The number of carbonyl (C=O) groups is 4. The van der Waals surface area contributed by atoms with Gasteiger partial charge in [0.1, 0.15) is 23.7 Å². The average molecular weight is 829 g/mol. The van der Waals surface area contributed by atoms with Crippen LogP contribution in [0.1, 0.15) is 81.8 Å². The zero-order chi connectivity index (χ0) is 41.8. The molecule has 0 spiro atoms. The Labute approximate surface area is 348 Å². The number of nitrogens with zero attached hydrogens (tertiary/aromatic N) is 4. The lowest BCUT2D eigenvalue weighted by atomic mass is 9.90. The van der Waals surface area contributed by atoms with Gasteiger partial charge in [0, 0.05) is 31.9 Å². The highest BCUT2D eigenvalue weighted by Gasteiger charge is 2.41. The number of halogens is 1. The molecular formula is C43H53ClN8O7. The molecule has 4 atom stereocenters. The molecule has 2 aromatic heterocycles. The molecule has 314 valence electrons. The third kappa shape index (κ3) is 8.96. The number of likely N-dealkylation sites (tertiary alicyclic amines) is 2. The second-order valence-electron chi connectivity index (χ2n) is 15.8. The smallest absolute Gasteiger partial charge is 0.407 e. The fourth-order valence-electron chi connectivity index (χ4n) is 8.60. The van der Waals surface area contributed by atoms with Crippen molar-refractivity contribution in [3.63, 3.8) is 0 Å². The van der Waals surface area contributed by atoms with E-state index in [0.717, 1.165) is 65.1 Å². The van der Waals surface area contributed by atoms with Gasteiger partial charge >= 0.3 is 12.2 Å². The van der Waals surface area contributed by atoms with Crippen LogP contribution in [0.15, 0.2) is 48.5 Å². The molecule has 3 aliphatic heterocycles. The average Bonchev–Trinajstić information content (AvgIpc) is 4.08. The second-order valence-corrected chi connectivity index (χ2v) is 16.2. The minimum atomic E-state index is -0.721. The van der Waals surface area contributed by atoms with Gasteiger partial charge in [0.2, 0.25) is 11.8 Å². The van der Waals surface area contributed by atoms with Gasteiger partial charge in [-0.3, -0.25) is 9.59 Å². The van der Waals surface area contributed by atoms with Gasteiger partial charge in [0.05, 0.1) is 43.4 Å². The predicted molar refractivity (Wildman–Crippen MR) is 221 cm³/mol. The molecule has 2 aromatic carbocycles. The Morgan fingerprint density at radius 2 is 1.22 bits per heavy atom. The molecule has 15 nitrogen and oxygen atoms in total. The Hall–Kier alpha value is -5.41. The van der Waals surface area contributed by atoms with E-state index in [-0.39, 0.29) is 35.7 Å².